The SMILES string of the molecule is O=c1cc(CP(=O)(O)O)c2c([N+](=O)[O-])c(Cl)ccc2[nH]1. The van der Waals surface area contributed by atoms with Gasteiger partial charge in [-0.05, 0) is 17.7 Å². The number of nitro groups is 1. The minimum Gasteiger partial charge on any atom is -0.324 e. The number of aromatic nitrogens is 1. The third-order valence-electron chi connectivity index (χ3n) is 2.57. The van der Waals surface area contributed by atoms with Gasteiger partial charge in [-0.15, -0.1) is 0 Å². The van der Waals surface area contributed by atoms with Gasteiger partial charge in [0.25, 0.3) is 5.69 Å². The number of fused-ring (bicyclic) bond motifs is 1. The van der Waals surface area contributed by atoms with E-state index in [1.807, 2.05) is 0 Å². The summed E-state index contributed by atoms with van der Waals surface area (Å²) in [5.41, 5.74) is -1.13. The zero-order valence-electron chi connectivity index (χ0n) is 9.74. The number of hydrogen-bond donors (Lipinski definition) is 3. The number of rotatable bonds is 3. The van der Waals surface area contributed by atoms with Crippen molar-refractivity contribution in [3.63, 3.8) is 0 Å². The Morgan fingerprint density at radius 1 is 1.40 bits per heavy atom. The quantitative estimate of drug-likeness (QED) is 0.448. The minimum atomic E-state index is -4.50. The maximum Gasteiger partial charge on any atom is 0.329 e. The number of nitro benzene ring substituents is 1. The molecule has 0 amide bonds. The summed E-state index contributed by atoms with van der Waals surface area (Å²) < 4.78 is 11.1. The summed E-state index contributed by atoms with van der Waals surface area (Å²) in [5, 5.41) is 10.8. The predicted molar refractivity (Wildman–Crippen MR) is 72.0 cm³/mol. The normalized spacial score (nSPS) is 11.8. The fraction of sp³-hybridized carbons (Fsp3) is 0.100. The van der Waals surface area contributed by atoms with Gasteiger partial charge in [-0.25, -0.2) is 0 Å². The molecule has 0 aliphatic carbocycles. The van der Waals surface area contributed by atoms with Crippen molar-refractivity contribution in [3.05, 3.63) is 49.3 Å². The molecule has 0 radical (unpaired) electrons. The molecule has 0 saturated carbocycles. The molecule has 8 nitrogen and oxygen atoms in total. The number of nitrogens with zero attached hydrogens (tertiary/aromatic N) is 1. The van der Waals surface area contributed by atoms with E-state index < -0.39 is 29.9 Å². The second-order valence-electron chi connectivity index (χ2n) is 4.06. The molecule has 0 aliphatic heterocycles. The summed E-state index contributed by atoms with van der Waals surface area (Å²) in [6, 6.07) is 3.50. The van der Waals surface area contributed by atoms with E-state index in [9.17, 15) is 19.5 Å². The number of pyridine rings is 1. The molecule has 2 rings (SSSR count). The first-order valence-corrected chi connectivity index (χ1v) is 7.40. The Hall–Kier alpha value is -1.73. The minimum absolute atomic E-state index is 0.0783. The standard InChI is InChI=1S/C10H8ClN2O6P/c11-6-1-2-7-9(10(6)13(15)16)5(3-8(14)12-7)4-20(17,18)19/h1-3H,4H2,(H,12,14)(H2,17,18,19). The average Bonchev–Trinajstić information content (AvgIpc) is 2.27. The molecule has 1 aromatic heterocycles. The van der Waals surface area contributed by atoms with Crippen LogP contribution < -0.4 is 5.56 Å². The zero-order chi connectivity index (χ0) is 15.1. The van der Waals surface area contributed by atoms with Crippen LogP contribution in [0.25, 0.3) is 10.9 Å². The molecular weight excluding hydrogens is 311 g/mol. The van der Waals surface area contributed by atoms with Crippen molar-refractivity contribution in [2.75, 3.05) is 0 Å². The molecule has 0 spiro atoms. The fourth-order valence-corrected chi connectivity index (χ4v) is 2.84. The predicted octanol–water partition coefficient (Wildman–Crippen LogP) is 1.77. The smallest absolute Gasteiger partial charge is 0.324 e. The van der Waals surface area contributed by atoms with Crippen LogP contribution in [0.4, 0.5) is 5.69 Å². The molecule has 0 aliphatic rings. The number of aromatic amines is 1. The van der Waals surface area contributed by atoms with Crippen molar-refractivity contribution >= 4 is 35.8 Å². The number of halogens is 1. The van der Waals surface area contributed by atoms with Crippen LogP contribution in [0.15, 0.2) is 23.0 Å². The van der Waals surface area contributed by atoms with Crippen LogP contribution in [-0.4, -0.2) is 19.7 Å². The van der Waals surface area contributed by atoms with Crippen LogP contribution in [0, 0.1) is 10.1 Å². The molecule has 0 fully saturated rings. The van der Waals surface area contributed by atoms with Crippen LogP contribution in [0.2, 0.25) is 5.02 Å². The third-order valence-corrected chi connectivity index (χ3v) is 3.63. The van der Waals surface area contributed by atoms with E-state index in [1.165, 1.54) is 12.1 Å². The lowest BCUT2D eigenvalue weighted by molar-refractivity contribution is -0.382. The van der Waals surface area contributed by atoms with Gasteiger partial charge in [-0.2, -0.15) is 0 Å². The summed E-state index contributed by atoms with van der Waals surface area (Å²) in [4.78, 5) is 42.2. The highest BCUT2D eigenvalue weighted by Crippen LogP contribution is 2.43. The molecule has 1 heterocycles. The fourth-order valence-electron chi connectivity index (χ4n) is 1.92. The Labute approximate surface area is 116 Å². The molecule has 3 N–H and O–H groups in total. The highest BCUT2D eigenvalue weighted by atomic mass is 35.5. The van der Waals surface area contributed by atoms with E-state index in [0.717, 1.165) is 6.07 Å². The van der Waals surface area contributed by atoms with Gasteiger partial charge in [0.2, 0.25) is 5.56 Å². The van der Waals surface area contributed by atoms with Crippen molar-refractivity contribution in [1.82, 2.24) is 4.98 Å². The third kappa shape index (κ3) is 2.88. The zero-order valence-corrected chi connectivity index (χ0v) is 11.4. The van der Waals surface area contributed by atoms with E-state index in [-0.39, 0.29) is 21.5 Å². The van der Waals surface area contributed by atoms with Gasteiger partial charge in [-0.1, -0.05) is 11.6 Å². The van der Waals surface area contributed by atoms with Crippen LogP contribution in [0.1, 0.15) is 5.56 Å². The Balaban J connectivity index is 2.91. The van der Waals surface area contributed by atoms with Crippen molar-refractivity contribution in [2.45, 2.75) is 6.16 Å². The van der Waals surface area contributed by atoms with Crippen molar-refractivity contribution in [3.8, 4) is 0 Å². The highest BCUT2D eigenvalue weighted by molar-refractivity contribution is 7.50. The summed E-state index contributed by atoms with van der Waals surface area (Å²) >= 11 is 5.75. The summed E-state index contributed by atoms with van der Waals surface area (Å²) in [6.45, 7) is 0. The van der Waals surface area contributed by atoms with Gasteiger partial charge in [0.15, 0.2) is 0 Å². The number of benzene rings is 1. The van der Waals surface area contributed by atoms with E-state index in [4.69, 9.17) is 21.4 Å². The molecule has 0 bridgehead atoms. The van der Waals surface area contributed by atoms with E-state index in [1.54, 1.807) is 0 Å². The molecule has 106 valence electrons. The second kappa shape index (κ2) is 4.99. The molecule has 20 heavy (non-hydrogen) atoms. The first-order valence-electron chi connectivity index (χ1n) is 5.22. The maximum atomic E-state index is 11.4. The van der Waals surface area contributed by atoms with E-state index >= 15 is 0 Å². The molecular formula is C10H8ClN2O6P. The number of hydrogen-bond acceptors (Lipinski definition) is 4. The van der Waals surface area contributed by atoms with Gasteiger partial charge in [0.05, 0.1) is 22.0 Å². The van der Waals surface area contributed by atoms with Gasteiger partial charge < -0.3 is 14.8 Å². The number of H-pyrrole nitrogens is 1. The topological polar surface area (TPSA) is 134 Å². The second-order valence-corrected chi connectivity index (χ2v) is 6.11. The molecule has 1 aromatic carbocycles. The Morgan fingerprint density at radius 2 is 2.05 bits per heavy atom. The highest BCUT2D eigenvalue weighted by Gasteiger charge is 2.24. The summed E-state index contributed by atoms with van der Waals surface area (Å²) in [7, 11) is -4.50. The average molecular weight is 319 g/mol. The number of nitrogens with one attached hydrogen (secondary N) is 1. The van der Waals surface area contributed by atoms with Crippen LogP contribution in [0.5, 0.6) is 0 Å². The first-order chi connectivity index (χ1) is 9.19. The largest absolute Gasteiger partial charge is 0.329 e. The van der Waals surface area contributed by atoms with Gasteiger partial charge in [0.1, 0.15) is 5.02 Å². The Bertz CT molecular complexity index is 811. The monoisotopic (exact) mass is 318 g/mol. The van der Waals surface area contributed by atoms with Crippen molar-refractivity contribution < 1.29 is 19.3 Å². The van der Waals surface area contributed by atoms with E-state index in [0.29, 0.717) is 0 Å². The lowest BCUT2D eigenvalue weighted by Crippen LogP contribution is -2.08. The lowest BCUT2D eigenvalue weighted by atomic mass is 10.1. The van der Waals surface area contributed by atoms with Crippen molar-refractivity contribution in [1.29, 1.82) is 0 Å². The van der Waals surface area contributed by atoms with Crippen LogP contribution >= 0.6 is 19.2 Å². The van der Waals surface area contributed by atoms with Crippen LogP contribution in [0.3, 0.4) is 0 Å². The van der Waals surface area contributed by atoms with Gasteiger partial charge >= 0.3 is 7.60 Å². The summed E-state index contributed by atoms with van der Waals surface area (Å²) in [5.74, 6) is 0. The molecule has 0 unspecified atom stereocenters. The maximum absolute atomic E-state index is 11.4. The van der Waals surface area contributed by atoms with Crippen LogP contribution in [-0.2, 0) is 10.7 Å². The lowest BCUT2D eigenvalue weighted by Gasteiger charge is -2.08. The van der Waals surface area contributed by atoms with E-state index in [2.05, 4.69) is 4.98 Å². The first kappa shape index (κ1) is 14.7. The summed E-state index contributed by atoms with van der Waals surface area (Å²) in [6.07, 6.45) is -0.783. The molecule has 10 heteroatoms. The van der Waals surface area contributed by atoms with Gasteiger partial charge in [-0.3, -0.25) is 19.5 Å². The Morgan fingerprint density at radius 3 is 2.60 bits per heavy atom. The van der Waals surface area contributed by atoms with Gasteiger partial charge in [0, 0.05) is 6.07 Å². The molecule has 2 aromatic rings. The van der Waals surface area contributed by atoms with Crippen molar-refractivity contribution in [2.24, 2.45) is 0 Å². The molecule has 0 saturated heterocycles. The molecule has 0 atom stereocenters. The Kier molecular flexibility index (Phi) is 3.66.